The fourth-order valence-corrected chi connectivity index (χ4v) is 2.58. The van der Waals surface area contributed by atoms with Gasteiger partial charge >= 0.3 is 0 Å². The summed E-state index contributed by atoms with van der Waals surface area (Å²) in [5.41, 5.74) is 1.40. The quantitative estimate of drug-likeness (QED) is 0.600. The van der Waals surface area contributed by atoms with Crippen molar-refractivity contribution in [3.8, 4) is 0 Å². The minimum Gasteiger partial charge on any atom is -0.307 e. The topological polar surface area (TPSA) is 20.3 Å². The molecule has 0 radical (unpaired) electrons. The zero-order chi connectivity index (χ0) is 15.8. The molecule has 0 heterocycles. The van der Waals surface area contributed by atoms with E-state index >= 15 is 0 Å². The maximum absolute atomic E-state index is 14.2. The predicted octanol–water partition coefficient (Wildman–Crippen LogP) is 5.24. The lowest BCUT2D eigenvalue weighted by Crippen LogP contribution is -2.39. The highest BCUT2D eigenvalue weighted by molar-refractivity contribution is 5.94. The van der Waals surface area contributed by atoms with Crippen molar-refractivity contribution in [2.45, 2.75) is 72.3 Å². The summed E-state index contributed by atoms with van der Waals surface area (Å²) in [6.07, 6.45) is 5.53. The minimum atomic E-state index is -0.313. The number of halogens is 1. The molecule has 0 aliphatic rings. The third kappa shape index (κ3) is 5.14. The van der Waals surface area contributed by atoms with Crippen molar-refractivity contribution in [2.24, 2.45) is 0 Å². The fourth-order valence-electron chi connectivity index (χ4n) is 2.58. The second kappa shape index (κ2) is 8.81. The molecular weight excluding hydrogens is 265 g/mol. The maximum atomic E-state index is 14.2. The summed E-state index contributed by atoms with van der Waals surface area (Å²) in [6.45, 7) is 8.08. The van der Waals surface area contributed by atoms with E-state index in [0.717, 1.165) is 37.7 Å². The number of unbranched alkanes of at least 4 members (excludes halogenated alkanes) is 2. The van der Waals surface area contributed by atoms with Gasteiger partial charge in [-0.25, -0.2) is 4.39 Å². The smallest absolute Gasteiger partial charge is 0.227 e. The van der Waals surface area contributed by atoms with Gasteiger partial charge in [-0.15, -0.1) is 0 Å². The van der Waals surface area contributed by atoms with Crippen LogP contribution in [0.15, 0.2) is 18.2 Å². The second-order valence-electron chi connectivity index (χ2n) is 5.81. The SMILES string of the molecule is CCCCCC(C)N(C(=O)CCC)c1cc(C)ccc1F. The van der Waals surface area contributed by atoms with Crippen LogP contribution in [-0.2, 0) is 4.79 Å². The Bertz CT molecular complexity index is 459. The summed E-state index contributed by atoms with van der Waals surface area (Å²) in [6, 6.07) is 5.00. The summed E-state index contributed by atoms with van der Waals surface area (Å²) in [5.74, 6) is -0.293. The first kappa shape index (κ1) is 17.7. The van der Waals surface area contributed by atoms with E-state index < -0.39 is 0 Å². The van der Waals surface area contributed by atoms with Crippen molar-refractivity contribution in [1.82, 2.24) is 0 Å². The Balaban J connectivity index is 3.01. The molecule has 1 atom stereocenters. The van der Waals surface area contributed by atoms with Gasteiger partial charge in [-0.05, 0) is 44.4 Å². The normalized spacial score (nSPS) is 12.2. The Kier molecular flexibility index (Phi) is 7.41. The van der Waals surface area contributed by atoms with Crippen molar-refractivity contribution in [3.63, 3.8) is 0 Å². The molecule has 1 aromatic rings. The summed E-state index contributed by atoms with van der Waals surface area (Å²) in [7, 11) is 0. The van der Waals surface area contributed by atoms with Crippen molar-refractivity contribution in [1.29, 1.82) is 0 Å². The van der Waals surface area contributed by atoms with Crippen LogP contribution in [0.5, 0.6) is 0 Å². The Labute approximate surface area is 128 Å². The number of rotatable bonds is 8. The second-order valence-corrected chi connectivity index (χ2v) is 5.81. The van der Waals surface area contributed by atoms with Gasteiger partial charge in [-0.1, -0.05) is 39.2 Å². The van der Waals surface area contributed by atoms with Crippen LogP contribution in [0.3, 0.4) is 0 Å². The number of amides is 1. The molecule has 0 aromatic heterocycles. The average Bonchev–Trinajstić information content (AvgIpc) is 2.43. The van der Waals surface area contributed by atoms with E-state index in [9.17, 15) is 9.18 Å². The molecule has 0 N–H and O–H groups in total. The Morgan fingerprint density at radius 3 is 2.57 bits per heavy atom. The van der Waals surface area contributed by atoms with Gasteiger partial charge < -0.3 is 4.90 Å². The van der Waals surface area contributed by atoms with Gasteiger partial charge in [-0.2, -0.15) is 0 Å². The van der Waals surface area contributed by atoms with E-state index in [-0.39, 0.29) is 17.8 Å². The molecule has 0 spiro atoms. The lowest BCUT2D eigenvalue weighted by atomic mass is 10.1. The van der Waals surface area contributed by atoms with Gasteiger partial charge in [0.1, 0.15) is 5.82 Å². The summed E-state index contributed by atoms with van der Waals surface area (Å²) < 4.78 is 14.2. The largest absolute Gasteiger partial charge is 0.307 e. The third-order valence-electron chi connectivity index (χ3n) is 3.76. The minimum absolute atomic E-state index is 0.0194. The number of hydrogen-bond donors (Lipinski definition) is 0. The average molecular weight is 293 g/mol. The monoisotopic (exact) mass is 293 g/mol. The Morgan fingerprint density at radius 2 is 1.95 bits per heavy atom. The van der Waals surface area contributed by atoms with E-state index in [0.29, 0.717) is 12.1 Å². The number of aryl methyl sites for hydroxylation is 1. The van der Waals surface area contributed by atoms with E-state index in [1.54, 1.807) is 17.0 Å². The third-order valence-corrected chi connectivity index (χ3v) is 3.76. The molecule has 1 aromatic carbocycles. The molecule has 2 nitrogen and oxygen atoms in total. The number of anilines is 1. The Morgan fingerprint density at radius 1 is 1.24 bits per heavy atom. The molecule has 3 heteroatoms. The highest BCUT2D eigenvalue weighted by Gasteiger charge is 2.23. The maximum Gasteiger partial charge on any atom is 0.227 e. The lowest BCUT2D eigenvalue weighted by molar-refractivity contribution is -0.119. The molecule has 0 saturated carbocycles. The first-order chi connectivity index (χ1) is 10.0. The molecule has 1 amide bonds. The number of carbonyl (C=O) groups excluding carboxylic acids is 1. The van der Waals surface area contributed by atoms with Gasteiger partial charge in [0.05, 0.1) is 5.69 Å². The molecule has 21 heavy (non-hydrogen) atoms. The van der Waals surface area contributed by atoms with E-state index in [1.807, 2.05) is 20.8 Å². The van der Waals surface area contributed by atoms with Crippen LogP contribution in [0.1, 0.15) is 64.9 Å². The molecule has 0 bridgehead atoms. The van der Waals surface area contributed by atoms with Crippen LogP contribution >= 0.6 is 0 Å². The highest BCUT2D eigenvalue weighted by Crippen LogP contribution is 2.26. The van der Waals surface area contributed by atoms with Crippen LogP contribution < -0.4 is 4.90 Å². The van der Waals surface area contributed by atoms with Gasteiger partial charge in [0, 0.05) is 12.5 Å². The standard InChI is InChI=1S/C18H28FNO/c1-5-7-8-10-15(4)20(18(21)9-6-2)17-13-14(3)11-12-16(17)19/h11-13,15H,5-10H2,1-4H3. The summed E-state index contributed by atoms with van der Waals surface area (Å²) in [5, 5.41) is 0. The Hall–Kier alpha value is -1.38. The van der Waals surface area contributed by atoms with Gasteiger partial charge in [0.25, 0.3) is 0 Å². The zero-order valence-corrected chi connectivity index (χ0v) is 13.8. The first-order valence-corrected chi connectivity index (χ1v) is 8.09. The first-order valence-electron chi connectivity index (χ1n) is 8.09. The molecule has 0 saturated heterocycles. The molecule has 1 unspecified atom stereocenters. The van der Waals surface area contributed by atoms with Crippen LogP contribution in [0.2, 0.25) is 0 Å². The highest BCUT2D eigenvalue weighted by atomic mass is 19.1. The van der Waals surface area contributed by atoms with Crippen molar-refractivity contribution in [2.75, 3.05) is 4.90 Å². The zero-order valence-electron chi connectivity index (χ0n) is 13.8. The molecule has 0 aliphatic carbocycles. The van der Waals surface area contributed by atoms with Crippen LogP contribution in [0, 0.1) is 12.7 Å². The molecule has 118 valence electrons. The van der Waals surface area contributed by atoms with E-state index in [2.05, 4.69) is 6.92 Å². The molecule has 0 fully saturated rings. The number of carbonyl (C=O) groups is 1. The summed E-state index contributed by atoms with van der Waals surface area (Å²) in [4.78, 5) is 14.1. The van der Waals surface area contributed by atoms with Crippen molar-refractivity contribution >= 4 is 11.6 Å². The van der Waals surface area contributed by atoms with Gasteiger partial charge in [0.15, 0.2) is 0 Å². The van der Waals surface area contributed by atoms with E-state index in [4.69, 9.17) is 0 Å². The van der Waals surface area contributed by atoms with Crippen LogP contribution in [0.4, 0.5) is 10.1 Å². The molecule has 1 rings (SSSR count). The summed E-state index contributed by atoms with van der Waals surface area (Å²) >= 11 is 0. The van der Waals surface area contributed by atoms with Crippen LogP contribution in [-0.4, -0.2) is 11.9 Å². The van der Waals surface area contributed by atoms with Gasteiger partial charge in [-0.3, -0.25) is 4.79 Å². The van der Waals surface area contributed by atoms with Crippen molar-refractivity contribution in [3.05, 3.63) is 29.6 Å². The lowest BCUT2D eigenvalue weighted by Gasteiger charge is -2.30. The number of benzene rings is 1. The van der Waals surface area contributed by atoms with E-state index in [1.165, 1.54) is 6.07 Å². The predicted molar refractivity (Wildman–Crippen MR) is 87.1 cm³/mol. The molecule has 0 aliphatic heterocycles. The molecular formula is C18H28FNO. The van der Waals surface area contributed by atoms with Crippen LogP contribution in [0.25, 0.3) is 0 Å². The number of nitrogens with zero attached hydrogens (tertiary/aromatic N) is 1. The number of hydrogen-bond acceptors (Lipinski definition) is 1. The van der Waals surface area contributed by atoms with Gasteiger partial charge in [0.2, 0.25) is 5.91 Å². The van der Waals surface area contributed by atoms with Crippen molar-refractivity contribution < 1.29 is 9.18 Å². The fraction of sp³-hybridized carbons (Fsp3) is 0.611.